The second kappa shape index (κ2) is 9.33. The number of benzene rings is 3. The Balaban J connectivity index is 1.74. The number of phenols is 1. The third-order valence-corrected chi connectivity index (χ3v) is 6.17. The lowest BCUT2D eigenvalue weighted by molar-refractivity contribution is 0.313. The van der Waals surface area contributed by atoms with Gasteiger partial charge in [0.05, 0.1) is 6.61 Å². The van der Waals surface area contributed by atoms with Crippen LogP contribution in [0.1, 0.15) is 42.2 Å². The van der Waals surface area contributed by atoms with Gasteiger partial charge in [0, 0.05) is 32.7 Å². The Labute approximate surface area is 193 Å². The molecule has 0 aliphatic carbocycles. The molecule has 0 bridgehead atoms. The maximum Gasteiger partial charge on any atom is 0.162 e. The van der Waals surface area contributed by atoms with Gasteiger partial charge in [-0.3, -0.25) is 10.3 Å². The van der Waals surface area contributed by atoms with Crippen molar-refractivity contribution in [1.82, 2.24) is 5.32 Å². The molecular weight excluding hydrogens is 508 g/mol. The number of para-hydroxylation sites is 1. The summed E-state index contributed by atoms with van der Waals surface area (Å²) in [7, 11) is 0. The molecule has 2 atom stereocenters. The summed E-state index contributed by atoms with van der Waals surface area (Å²) in [6.07, 6.45) is 0.447. The SMILES string of the molecule is CCOc1cccc([C@@H]2CC(c3ccc(Br)cc3)=N[C@H](c3ccc(Br)cc3)N2)c1O. The predicted molar refractivity (Wildman–Crippen MR) is 127 cm³/mol. The highest BCUT2D eigenvalue weighted by atomic mass is 79.9. The number of hydrogen-bond acceptors (Lipinski definition) is 4. The molecule has 4 nitrogen and oxygen atoms in total. The van der Waals surface area contributed by atoms with E-state index in [0.717, 1.165) is 31.3 Å². The Morgan fingerprint density at radius 2 is 1.67 bits per heavy atom. The standard InChI is InChI=1S/C24H22Br2N2O2/c1-2-30-22-5-3-4-19(23(22)29)21-14-20(15-6-10-17(25)11-7-15)27-24(28-21)16-8-12-18(26)13-9-16/h3-13,21,24,28-29H,2,14H2,1H3/t21-,24-/m0/s1. The fourth-order valence-corrected chi connectivity index (χ4v) is 4.16. The number of aromatic hydroxyl groups is 1. The van der Waals surface area contributed by atoms with Crippen molar-refractivity contribution in [1.29, 1.82) is 0 Å². The third kappa shape index (κ3) is 4.61. The van der Waals surface area contributed by atoms with Crippen LogP contribution in [0.5, 0.6) is 11.5 Å². The summed E-state index contributed by atoms with van der Waals surface area (Å²) in [6.45, 7) is 2.41. The van der Waals surface area contributed by atoms with E-state index in [1.54, 1.807) is 6.07 Å². The van der Waals surface area contributed by atoms with Crippen molar-refractivity contribution < 1.29 is 9.84 Å². The van der Waals surface area contributed by atoms with Crippen LogP contribution in [0, 0.1) is 0 Å². The molecule has 154 valence electrons. The van der Waals surface area contributed by atoms with Gasteiger partial charge in [0.15, 0.2) is 11.5 Å². The molecule has 3 aromatic rings. The highest BCUT2D eigenvalue weighted by Crippen LogP contribution is 2.39. The summed E-state index contributed by atoms with van der Waals surface area (Å²) in [5, 5.41) is 14.4. The van der Waals surface area contributed by atoms with Crippen LogP contribution in [-0.4, -0.2) is 17.4 Å². The van der Waals surface area contributed by atoms with Gasteiger partial charge in [0.2, 0.25) is 0 Å². The van der Waals surface area contributed by atoms with Gasteiger partial charge in [-0.15, -0.1) is 0 Å². The molecule has 1 aliphatic rings. The van der Waals surface area contributed by atoms with Gasteiger partial charge >= 0.3 is 0 Å². The van der Waals surface area contributed by atoms with Crippen molar-refractivity contribution in [3.05, 3.63) is 92.4 Å². The summed E-state index contributed by atoms with van der Waals surface area (Å²) in [6, 6.07) is 21.9. The molecule has 2 N–H and O–H groups in total. The monoisotopic (exact) mass is 528 g/mol. The number of hydrogen-bond donors (Lipinski definition) is 2. The Bertz CT molecular complexity index is 1050. The van der Waals surface area contributed by atoms with Gasteiger partial charge in [-0.1, -0.05) is 68.3 Å². The van der Waals surface area contributed by atoms with Gasteiger partial charge < -0.3 is 9.84 Å². The first-order valence-electron chi connectivity index (χ1n) is 9.84. The third-order valence-electron chi connectivity index (χ3n) is 5.11. The molecule has 30 heavy (non-hydrogen) atoms. The Morgan fingerprint density at radius 1 is 1.00 bits per heavy atom. The summed E-state index contributed by atoms with van der Waals surface area (Å²) in [4.78, 5) is 5.01. The summed E-state index contributed by atoms with van der Waals surface area (Å²) < 4.78 is 7.66. The zero-order chi connectivity index (χ0) is 21.1. The summed E-state index contributed by atoms with van der Waals surface area (Å²) in [5.41, 5.74) is 3.96. The molecule has 4 rings (SSSR count). The van der Waals surface area contributed by atoms with Crippen molar-refractivity contribution >= 4 is 37.6 Å². The van der Waals surface area contributed by atoms with Crippen molar-refractivity contribution in [2.24, 2.45) is 4.99 Å². The number of nitrogens with one attached hydrogen (secondary N) is 1. The van der Waals surface area contributed by atoms with Gasteiger partial charge in [-0.25, -0.2) is 0 Å². The molecule has 0 amide bonds. The molecule has 0 radical (unpaired) electrons. The molecule has 6 heteroatoms. The van der Waals surface area contributed by atoms with Crippen LogP contribution < -0.4 is 10.1 Å². The van der Waals surface area contributed by atoms with E-state index in [2.05, 4.69) is 61.4 Å². The zero-order valence-electron chi connectivity index (χ0n) is 16.5. The lowest BCUT2D eigenvalue weighted by Gasteiger charge is -2.31. The Hall–Kier alpha value is -2.15. The van der Waals surface area contributed by atoms with E-state index in [9.17, 15) is 5.11 Å². The van der Waals surface area contributed by atoms with Crippen molar-refractivity contribution in [2.45, 2.75) is 25.6 Å². The predicted octanol–water partition coefficient (Wildman–Crippen LogP) is 6.54. The van der Waals surface area contributed by atoms with Crippen LogP contribution in [0.2, 0.25) is 0 Å². The molecule has 0 unspecified atom stereocenters. The second-order valence-electron chi connectivity index (χ2n) is 7.09. The number of rotatable bonds is 5. The first kappa shape index (κ1) is 21.1. The Morgan fingerprint density at radius 3 is 2.33 bits per heavy atom. The number of aliphatic imine (C=N–C) groups is 1. The normalized spacial score (nSPS) is 18.7. The second-order valence-corrected chi connectivity index (χ2v) is 8.92. The van der Waals surface area contributed by atoms with Crippen LogP contribution in [-0.2, 0) is 0 Å². The van der Waals surface area contributed by atoms with Gasteiger partial charge in [-0.2, -0.15) is 0 Å². The van der Waals surface area contributed by atoms with E-state index >= 15 is 0 Å². The molecule has 0 saturated carbocycles. The van der Waals surface area contributed by atoms with Crippen LogP contribution >= 0.6 is 31.9 Å². The number of phenolic OH excluding ortho intramolecular Hbond substituents is 1. The highest BCUT2D eigenvalue weighted by Gasteiger charge is 2.28. The first-order valence-corrected chi connectivity index (χ1v) is 11.4. The lowest BCUT2D eigenvalue weighted by Crippen LogP contribution is -2.33. The Kier molecular flexibility index (Phi) is 6.56. The van der Waals surface area contributed by atoms with Crippen molar-refractivity contribution in [3.8, 4) is 11.5 Å². The fourth-order valence-electron chi connectivity index (χ4n) is 3.63. The number of nitrogens with zero attached hydrogens (tertiary/aromatic N) is 1. The maximum atomic E-state index is 10.8. The summed E-state index contributed by atoms with van der Waals surface area (Å²) >= 11 is 7.00. The zero-order valence-corrected chi connectivity index (χ0v) is 19.7. The topological polar surface area (TPSA) is 53.8 Å². The molecule has 1 aliphatic heterocycles. The van der Waals surface area contributed by atoms with E-state index in [4.69, 9.17) is 9.73 Å². The van der Waals surface area contributed by atoms with Gasteiger partial charge in [-0.05, 0) is 48.4 Å². The lowest BCUT2D eigenvalue weighted by atomic mass is 9.93. The van der Waals surface area contributed by atoms with E-state index in [-0.39, 0.29) is 18.0 Å². The highest BCUT2D eigenvalue weighted by molar-refractivity contribution is 9.10. The molecule has 0 spiro atoms. The van der Waals surface area contributed by atoms with Crippen LogP contribution in [0.15, 0.2) is 80.7 Å². The first-order chi connectivity index (χ1) is 14.5. The smallest absolute Gasteiger partial charge is 0.162 e. The number of ether oxygens (including phenoxy) is 1. The largest absolute Gasteiger partial charge is 0.504 e. The number of halogens is 2. The quantitative estimate of drug-likeness (QED) is 0.394. The van der Waals surface area contributed by atoms with Crippen LogP contribution in [0.25, 0.3) is 0 Å². The van der Waals surface area contributed by atoms with Gasteiger partial charge in [0.25, 0.3) is 0 Å². The molecule has 0 saturated heterocycles. The molecule has 0 fully saturated rings. The summed E-state index contributed by atoms with van der Waals surface area (Å²) in [5.74, 6) is 0.688. The van der Waals surface area contributed by atoms with Crippen LogP contribution in [0.3, 0.4) is 0 Å². The molecular formula is C24H22Br2N2O2. The van der Waals surface area contributed by atoms with Crippen LogP contribution in [0.4, 0.5) is 0 Å². The van der Waals surface area contributed by atoms with Gasteiger partial charge in [0.1, 0.15) is 6.17 Å². The fraction of sp³-hybridized carbons (Fsp3) is 0.208. The van der Waals surface area contributed by atoms with E-state index < -0.39 is 0 Å². The minimum Gasteiger partial charge on any atom is -0.504 e. The average molecular weight is 530 g/mol. The van der Waals surface area contributed by atoms with E-state index in [1.165, 1.54) is 0 Å². The average Bonchev–Trinajstić information content (AvgIpc) is 2.76. The maximum absolute atomic E-state index is 10.8. The minimum atomic E-state index is -0.217. The minimum absolute atomic E-state index is 0.102. The van der Waals surface area contributed by atoms with Crippen molar-refractivity contribution in [2.75, 3.05) is 6.61 Å². The molecule has 3 aromatic carbocycles. The van der Waals surface area contributed by atoms with E-state index in [0.29, 0.717) is 18.8 Å². The van der Waals surface area contributed by atoms with E-state index in [1.807, 2.05) is 43.3 Å². The molecule has 0 aromatic heterocycles. The molecule has 1 heterocycles. The van der Waals surface area contributed by atoms with Crippen molar-refractivity contribution in [3.63, 3.8) is 0 Å².